The molecule has 0 atom stereocenters. The number of nitrogens with zero attached hydrogens (tertiary/aromatic N) is 2. The average Bonchev–Trinajstić information content (AvgIpc) is 2.27. The minimum Gasteiger partial charge on any atom is -0.465 e. The number of hydrogen-bond acceptors (Lipinski definition) is 5. The van der Waals surface area contributed by atoms with Crippen molar-refractivity contribution in [3.8, 4) is 0 Å². The zero-order chi connectivity index (χ0) is 10.6. The van der Waals surface area contributed by atoms with E-state index in [1.54, 1.807) is 0 Å². The van der Waals surface area contributed by atoms with Crippen LogP contribution in [0.25, 0.3) is 0 Å². The van der Waals surface area contributed by atoms with E-state index in [1.165, 1.54) is 25.4 Å². The third-order valence-electron chi connectivity index (χ3n) is 1.48. The molecule has 74 valence electrons. The van der Waals surface area contributed by atoms with Crippen molar-refractivity contribution in [3.63, 3.8) is 0 Å². The number of oxime groups is 1. The van der Waals surface area contributed by atoms with E-state index in [0.717, 1.165) is 0 Å². The monoisotopic (exact) mass is 214 g/mol. The number of carbonyl (C=O) groups is 1. The summed E-state index contributed by atoms with van der Waals surface area (Å²) in [5, 5.41) is 11.0. The zero-order valence-electron chi connectivity index (χ0n) is 7.27. The van der Waals surface area contributed by atoms with E-state index in [1.807, 2.05) is 0 Å². The SMILES string of the molecule is COC(=O)c1ccc(C(Cl)=NO)nc1. The lowest BCUT2D eigenvalue weighted by atomic mass is 10.2. The van der Waals surface area contributed by atoms with Crippen molar-refractivity contribution in [1.82, 2.24) is 4.98 Å². The molecule has 0 radical (unpaired) electrons. The molecule has 6 heteroatoms. The normalized spacial score (nSPS) is 11.1. The van der Waals surface area contributed by atoms with E-state index in [-0.39, 0.29) is 10.9 Å². The van der Waals surface area contributed by atoms with Gasteiger partial charge in [-0.1, -0.05) is 16.8 Å². The number of hydrogen-bond donors (Lipinski definition) is 1. The first-order valence-electron chi connectivity index (χ1n) is 3.61. The fourth-order valence-electron chi connectivity index (χ4n) is 0.806. The summed E-state index contributed by atoms with van der Waals surface area (Å²) < 4.78 is 4.47. The van der Waals surface area contributed by atoms with Crippen LogP contribution in [-0.2, 0) is 4.74 Å². The first-order valence-corrected chi connectivity index (χ1v) is 3.99. The standard InChI is InChI=1S/C8H7ClN2O3/c1-14-8(12)5-2-3-6(10-4-5)7(9)11-13/h2-4,13H,1H3. The van der Waals surface area contributed by atoms with Gasteiger partial charge < -0.3 is 9.94 Å². The van der Waals surface area contributed by atoms with Gasteiger partial charge in [0.15, 0.2) is 5.17 Å². The van der Waals surface area contributed by atoms with Gasteiger partial charge in [-0.25, -0.2) is 4.79 Å². The molecule has 0 aliphatic heterocycles. The number of ether oxygens (including phenoxy) is 1. The number of halogens is 1. The topological polar surface area (TPSA) is 71.8 Å². The highest BCUT2D eigenvalue weighted by molar-refractivity contribution is 6.69. The van der Waals surface area contributed by atoms with Crippen LogP contribution in [0.5, 0.6) is 0 Å². The molecular weight excluding hydrogens is 208 g/mol. The van der Waals surface area contributed by atoms with Crippen molar-refractivity contribution in [1.29, 1.82) is 0 Å². The van der Waals surface area contributed by atoms with Crippen LogP contribution in [-0.4, -0.2) is 28.4 Å². The van der Waals surface area contributed by atoms with Crippen molar-refractivity contribution < 1.29 is 14.7 Å². The maximum Gasteiger partial charge on any atom is 0.339 e. The third kappa shape index (κ3) is 2.20. The summed E-state index contributed by atoms with van der Waals surface area (Å²) in [4.78, 5) is 14.8. The molecule has 1 aromatic rings. The predicted octanol–water partition coefficient (Wildman–Crippen LogP) is 1.24. The highest BCUT2D eigenvalue weighted by Crippen LogP contribution is 2.05. The minimum absolute atomic E-state index is 0.138. The molecule has 0 bridgehead atoms. The molecule has 1 aromatic heterocycles. The molecule has 0 aromatic carbocycles. The molecule has 0 fully saturated rings. The van der Waals surface area contributed by atoms with Gasteiger partial charge in [0.25, 0.3) is 0 Å². The number of methoxy groups -OCH3 is 1. The van der Waals surface area contributed by atoms with Crippen LogP contribution in [0.4, 0.5) is 0 Å². The molecule has 0 saturated carbocycles. The molecular formula is C8H7ClN2O3. The predicted molar refractivity (Wildman–Crippen MR) is 49.8 cm³/mol. The first kappa shape index (κ1) is 10.5. The van der Waals surface area contributed by atoms with Crippen molar-refractivity contribution >= 4 is 22.7 Å². The largest absolute Gasteiger partial charge is 0.465 e. The average molecular weight is 215 g/mol. The molecule has 0 unspecified atom stereocenters. The van der Waals surface area contributed by atoms with Crippen LogP contribution in [0.15, 0.2) is 23.5 Å². The summed E-state index contributed by atoms with van der Waals surface area (Å²) in [7, 11) is 1.28. The van der Waals surface area contributed by atoms with E-state index in [2.05, 4.69) is 14.9 Å². The molecule has 0 amide bonds. The number of aromatic nitrogens is 1. The Morgan fingerprint density at radius 1 is 1.64 bits per heavy atom. The molecule has 0 saturated heterocycles. The number of rotatable bonds is 2. The third-order valence-corrected chi connectivity index (χ3v) is 1.75. The molecule has 1 heterocycles. The van der Waals surface area contributed by atoms with Gasteiger partial charge in [0.1, 0.15) is 5.69 Å². The first-order chi connectivity index (χ1) is 6.69. The Hall–Kier alpha value is -1.62. The molecule has 5 nitrogen and oxygen atoms in total. The van der Waals surface area contributed by atoms with Gasteiger partial charge >= 0.3 is 5.97 Å². The van der Waals surface area contributed by atoms with Crippen LogP contribution < -0.4 is 0 Å². The Balaban J connectivity index is 2.95. The zero-order valence-corrected chi connectivity index (χ0v) is 8.02. The quantitative estimate of drug-likeness (QED) is 0.348. The summed E-state index contributed by atoms with van der Waals surface area (Å²) in [5.74, 6) is -0.485. The Labute approximate surface area is 85.0 Å². The van der Waals surface area contributed by atoms with Crippen molar-refractivity contribution in [2.75, 3.05) is 7.11 Å². The van der Waals surface area contributed by atoms with Crippen molar-refractivity contribution in [2.45, 2.75) is 0 Å². The highest BCUT2D eigenvalue weighted by atomic mass is 35.5. The highest BCUT2D eigenvalue weighted by Gasteiger charge is 2.07. The molecule has 14 heavy (non-hydrogen) atoms. The van der Waals surface area contributed by atoms with Gasteiger partial charge in [-0.2, -0.15) is 0 Å². The van der Waals surface area contributed by atoms with E-state index < -0.39 is 5.97 Å². The van der Waals surface area contributed by atoms with Gasteiger partial charge in [0.05, 0.1) is 12.7 Å². The fraction of sp³-hybridized carbons (Fsp3) is 0.125. The van der Waals surface area contributed by atoms with Gasteiger partial charge in [0.2, 0.25) is 0 Å². The van der Waals surface area contributed by atoms with E-state index >= 15 is 0 Å². The summed E-state index contributed by atoms with van der Waals surface area (Å²) in [5.41, 5.74) is 0.584. The Morgan fingerprint density at radius 3 is 2.79 bits per heavy atom. The van der Waals surface area contributed by atoms with Crippen molar-refractivity contribution in [2.24, 2.45) is 5.16 Å². The van der Waals surface area contributed by atoms with Crippen LogP contribution >= 0.6 is 11.6 Å². The van der Waals surface area contributed by atoms with Crippen LogP contribution in [0.1, 0.15) is 16.1 Å². The maximum atomic E-state index is 11.0. The van der Waals surface area contributed by atoms with Gasteiger partial charge in [-0.3, -0.25) is 4.98 Å². The van der Waals surface area contributed by atoms with Gasteiger partial charge in [0, 0.05) is 6.20 Å². The van der Waals surface area contributed by atoms with Crippen LogP contribution in [0.2, 0.25) is 0 Å². The Kier molecular flexibility index (Phi) is 3.41. The smallest absolute Gasteiger partial charge is 0.339 e. The second-order valence-electron chi connectivity index (χ2n) is 2.31. The molecule has 1 rings (SSSR count). The Morgan fingerprint density at radius 2 is 2.36 bits per heavy atom. The van der Waals surface area contributed by atoms with E-state index in [0.29, 0.717) is 5.56 Å². The van der Waals surface area contributed by atoms with Crippen LogP contribution in [0, 0.1) is 0 Å². The molecule has 0 aliphatic carbocycles. The fourth-order valence-corrected chi connectivity index (χ4v) is 0.918. The summed E-state index contributed by atoms with van der Waals surface area (Å²) in [6.07, 6.45) is 1.29. The lowest BCUT2D eigenvalue weighted by Gasteiger charge is -1.99. The minimum atomic E-state index is -0.485. The summed E-state index contributed by atoms with van der Waals surface area (Å²) >= 11 is 5.48. The van der Waals surface area contributed by atoms with Gasteiger partial charge in [-0.05, 0) is 12.1 Å². The summed E-state index contributed by atoms with van der Waals surface area (Å²) in [6, 6.07) is 2.93. The molecule has 0 aliphatic rings. The molecule has 0 spiro atoms. The lowest BCUT2D eigenvalue weighted by Crippen LogP contribution is -2.03. The number of carbonyl (C=O) groups excluding carboxylic acids is 1. The van der Waals surface area contributed by atoms with Crippen molar-refractivity contribution in [3.05, 3.63) is 29.6 Å². The second kappa shape index (κ2) is 4.57. The van der Waals surface area contributed by atoms with Crippen LogP contribution in [0.3, 0.4) is 0 Å². The summed E-state index contributed by atoms with van der Waals surface area (Å²) in [6.45, 7) is 0. The number of pyridine rings is 1. The Bertz CT molecular complexity index is 361. The molecule has 1 N–H and O–H groups in total. The lowest BCUT2D eigenvalue weighted by molar-refractivity contribution is 0.0600. The van der Waals surface area contributed by atoms with E-state index in [9.17, 15) is 4.79 Å². The number of esters is 1. The van der Waals surface area contributed by atoms with E-state index in [4.69, 9.17) is 16.8 Å². The second-order valence-corrected chi connectivity index (χ2v) is 2.67. The maximum absolute atomic E-state index is 11.0. The van der Waals surface area contributed by atoms with Gasteiger partial charge in [-0.15, -0.1) is 0 Å².